The van der Waals surface area contributed by atoms with Crippen molar-refractivity contribution in [2.45, 2.75) is 23.3 Å². The second kappa shape index (κ2) is 10.4. The van der Waals surface area contributed by atoms with E-state index in [1.54, 1.807) is 11.8 Å². The maximum atomic E-state index is 12.7. The number of hydrogen-bond donors (Lipinski definition) is 1. The van der Waals surface area contributed by atoms with E-state index < -0.39 is 0 Å². The van der Waals surface area contributed by atoms with Gasteiger partial charge in [0.25, 0.3) is 5.91 Å². The van der Waals surface area contributed by atoms with Crippen molar-refractivity contribution < 1.29 is 9.28 Å². The molecule has 0 spiro atoms. The van der Waals surface area contributed by atoms with Gasteiger partial charge in [-0.3, -0.25) is 4.79 Å². The van der Waals surface area contributed by atoms with Gasteiger partial charge in [0.1, 0.15) is 0 Å². The van der Waals surface area contributed by atoms with E-state index >= 15 is 0 Å². The molecule has 4 rings (SSSR count). The van der Waals surface area contributed by atoms with Crippen LogP contribution in [0.15, 0.2) is 87.1 Å². The average molecular weight is 538 g/mol. The van der Waals surface area contributed by atoms with E-state index in [4.69, 9.17) is 0 Å². The summed E-state index contributed by atoms with van der Waals surface area (Å²) in [7, 11) is 6.37. The lowest BCUT2D eigenvalue weighted by molar-refractivity contribution is -0.869. The van der Waals surface area contributed by atoms with Crippen LogP contribution in [0.2, 0.25) is 0 Å². The van der Waals surface area contributed by atoms with Gasteiger partial charge in [0.05, 0.1) is 39.7 Å². The molecule has 0 fully saturated rings. The maximum Gasteiger partial charge on any atom is 0.251 e. The van der Waals surface area contributed by atoms with Crippen LogP contribution in [-0.2, 0) is 6.54 Å². The number of carbonyl (C=O) groups is 1. The average Bonchev–Trinajstić information content (AvgIpc) is 3.04. The Kier molecular flexibility index (Phi) is 7.51. The summed E-state index contributed by atoms with van der Waals surface area (Å²) in [6.45, 7) is 4.53. The van der Waals surface area contributed by atoms with Crippen molar-refractivity contribution in [3.63, 3.8) is 0 Å². The zero-order chi connectivity index (χ0) is 24.3. The highest BCUT2D eigenvalue weighted by molar-refractivity contribution is 9.10. The minimum atomic E-state index is -0.0249. The van der Waals surface area contributed by atoms with Crippen molar-refractivity contribution in [1.29, 1.82) is 0 Å². The van der Waals surface area contributed by atoms with Crippen LogP contribution < -0.4 is 5.32 Å². The smallest absolute Gasteiger partial charge is 0.251 e. The molecular weight excluding hydrogens is 506 g/mol. The monoisotopic (exact) mass is 536 g/mol. The number of amides is 1. The molecule has 0 aliphatic heterocycles. The predicted molar refractivity (Wildman–Crippen MR) is 146 cm³/mol. The van der Waals surface area contributed by atoms with Crippen molar-refractivity contribution in [2.75, 3.05) is 34.2 Å². The number of nitrogens with one attached hydrogen (secondary N) is 1. The molecule has 0 atom stereocenters. The molecule has 0 aliphatic carbocycles. The van der Waals surface area contributed by atoms with E-state index in [0.29, 0.717) is 12.1 Å². The quantitative estimate of drug-likeness (QED) is 0.266. The normalized spacial score (nSPS) is 11.7. The molecular formula is C28H31BrN3OS+. The van der Waals surface area contributed by atoms with Crippen LogP contribution >= 0.6 is 27.7 Å². The van der Waals surface area contributed by atoms with E-state index in [1.165, 1.54) is 27.1 Å². The van der Waals surface area contributed by atoms with E-state index in [2.05, 4.69) is 102 Å². The van der Waals surface area contributed by atoms with Gasteiger partial charge in [-0.1, -0.05) is 70.2 Å². The first-order chi connectivity index (χ1) is 16.2. The molecule has 1 N–H and O–H groups in total. The van der Waals surface area contributed by atoms with E-state index in [0.717, 1.165) is 26.9 Å². The first-order valence-electron chi connectivity index (χ1n) is 11.4. The molecule has 0 saturated carbocycles. The van der Waals surface area contributed by atoms with Gasteiger partial charge >= 0.3 is 0 Å². The number of quaternary nitrogens is 1. The maximum absolute atomic E-state index is 12.7. The Bertz CT molecular complexity index is 1310. The first-order valence-corrected chi connectivity index (χ1v) is 13.0. The molecule has 176 valence electrons. The highest BCUT2D eigenvalue weighted by Crippen LogP contribution is 2.39. The second-order valence-electron chi connectivity index (χ2n) is 9.55. The topological polar surface area (TPSA) is 34.0 Å². The summed E-state index contributed by atoms with van der Waals surface area (Å²) in [5.41, 5.74) is 4.39. The Labute approximate surface area is 214 Å². The summed E-state index contributed by atoms with van der Waals surface area (Å²) in [4.78, 5) is 15.0. The number of nitrogens with zero attached hydrogens (tertiary/aromatic N) is 2. The van der Waals surface area contributed by atoms with Gasteiger partial charge in [-0.05, 0) is 42.8 Å². The van der Waals surface area contributed by atoms with Crippen LogP contribution in [0.5, 0.6) is 0 Å². The van der Waals surface area contributed by atoms with Crippen molar-refractivity contribution in [3.8, 4) is 0 Å². The fraction of sp³-hybridized carbons (Fsp3) is 0.250. The van der Waals surface area contributed by atoms with E-state index in [9.17, 15) is 4.79 Å². The number of likely N-dealkylation sites (N-methyl/N-ethyl adjacent to an activating group) is 1. The summed E-state index contributed by atoms with van der Waals surface area (Å²) >= 11 is 5.37. The lowest BCUT2D eigenvalue weighted by Gasteiger charge is -2.23. The number of rotatable bonds is 8. The number of carbonyl (C=O) groups excluding carboxylic acids is 1. The third-order valence-electron chi connectivity index (χ3n) is 5.80. The minimum Gasteiger partial charge on any atom is -0.346 e. The summed E-state index contributed by atoms with van der Waals surface area (Å²) < 4.78 is 4.26. The largest absolute Gasteiger partial charge is 0.346 e. The summed E-state index contributed by atoms with van der Waals surface area (Å²) in [6, 6.07) is 24.9. The summed E-state index contributed by atoms with van der Waals surface area (Å²) in [6.07, 6.45) is 0. The molecule has 4 nitrogen and oxygen atoms in total. The number of hydrogen-bond acceptors (Lipinski definition) is 2. The molecule has 1 aromatic heterocycles. The fourth-order valence-corrected chi connectivity index (χ4v) is 5.40. The van der Waals surface area contributed by atoms with Gasteiger partial charge in [0.15, 0.2) is 0 Å². The molecule has 3 aromatic carbocycles. The zero-order valence-electron chi connectivity index (χ0n) is 20.1. The SMILES string of the molecule is Cc1c(Sc2cccc(C(=O)NCC[N+](C)(C)C)c2)c2ccc(Br)cc2n1Cc1ccccc1. The van der Waals surface area contributed by atoms with Gasteiger partial charge in [-0.15, -0.1) is 0 Å². The Balaban J connectivity index is 1.62. The van der Waals surface area contributed by atoms with Gasteiger partial charge < -0.3 is 14.4 Å². The van der Waals surface area contributed by atoms with Crippen molar-refractivity contribution in [3.05, 3.63) is 94.1 Å². The van der Waals surface area contributed by atoms with Gasteiger partial charge in [-0.25, -0.2) is 0 Å². The third-order valence-corrected chi connectivity index (χ3v) is 7.50. The summed E-state index contributed by atoms with van der Waals surface area (Å²) in [5.74, 6) is -0.0249. The van der Waals surface area contributed by atoms with Crippen molar-refractivity contribution in [2.24, 2.45) is 0 Å². The molecule has 0 bridgehead atoms. The van der Waals surface area contributed by atoms with Crippen LogP contribution in [0.3, 0.4) is 0 Å². The van der Waals surface area contributed by atoms with Gasteiger partial charge in [-0.2, -0.15) is 0 Å². The molecule has 1 heterocycles. The van der Waals surface area contributed by atoms with Crippen LogP contribution in [-0.4, -0.2) is 49.2 Å². The van der Waals surface area contributed by atoms with Crippen molar-refractivity contribution >= 4 is 44.5 Å². The third kappa shape index (κ3) is 5.93. The fourth-order valence-electron chi connectivity index (χ4n) is 3.94. The van der Waals surface area contributed by atoms with Crippen LogP contribution in [0.1, 0.15) is 21.6 Å². The lowest BCUT2D eigenvalue weighted by Crippen LogP contribution is -2.41. The molecule has 0 saturated heterocycles. The van der Waals surface area contributed by atoms with Crippen molar-refractivity contribution in [1.82, 2.24) is 9.88 Å². The highest BCUT2D eigenvalue weighted by Gasteiger charge is 2.17. The second-order valence-corrected chi connectivity index (χ2v) is 11.5. The Morgan fingerprint density at radius 1 is 1.00 bits per heavy atom. The molecule has 0 radical (unpaired) electrons. The molecule has 4 aromatic rings. The number of aromatic nitrogens is 1. The Hall–Kier alpha value is -2.54. The number of fused-ring (bicyclic) bond motifs is 1. The standard InChI is InChI=1S/C28H30BrN3OS/c1-20-27(34-24-12-8-11-22(17-24)28(33)30-15-16-32(2,3)4)25-14-13-23(29)18-26(25)31(20)19-21-9-6-5-7-10-21/h5-14,17-18H,15-16,19H2,1-4H3/p+1. The number of halogens is 1. The zero-order valence-corrected chi connectivity index (χ0v) is 22.5. The Morgan fingerprint density at radius 3 is 2.50 bits per heavy atom. The first kappa shape index (κ1) is 24.6. The van der Waals surface area contributed by atoms with Gasteiger partial charge in [0, 0.05) is 37.5 Å². The molecule has 0 unspecified atom stereocenters. The molecule has 1 amide bonds. The van der Waals surface area contributed by atoms with Crippen LogP contribution in [0.25, 0.3) is 10.9 Å². The minimum absolute atomic E-state index is 0.0249. The van der Waals surface area contributed by atoms with Crippen LogP contribution in [0.4, 0.5) is 0 Å². The van der Waals surface area contributed by atoms with E-state index in [1.807, 2.05) is 24.3 Å². The highest BCUT2D eigenvalue weighted by atomic mass is 79.9. The summed E-state index contributed by atoms with van der Waals surface area (Å²) in [5, 5.41) is 4.27. The predicted octanol–water partition coefficient (Wildman–Crippen LogP) is 6.35. The van der Waals surface area contributed by atoms with E-state index in [-0.39, 0.29) is 5.91 Å². The molecule has 34 heavy (non-hydrogen) atoms. The van der Waals surface area contributed by atoms with Crippen LogP contribution in [0, 0.1) is 6.92 Å². The lowest BCUT2D eigenvalue weighted by atomic mass is 10.2. The Morgan fingerprint density at radius 2 is 1.76 bits per heavy atom. The number of benzene rings is 3. The molecule has 0 aliphatic rings. The molecule has 6 heteroatoms. The van der Waals surface area contributed by atoms with Gasteiger partial charge in [0.2, 0.25) is 0 Å².